The molecule has 0 unspecified atom stereocenters. The maximum atomic E-state index is 11.5. The molecule has 0 aliphatic carbocycles. The van der Waals surface area contributed by atoms with E-state index in [9.17, 15) is 4.79 Å². The number of guanidine groups is 1. The summed E-state index contributed by atoms with van der Waals surface area (Å²) in [6.45, 7) is 4.18. The predicted octanol–water partition coefficient (Wildman–Crippen LogP) is 3.66. The standard InChI is InChI=1S/C26H34N6O.HI/c1-28-26(32-14-9-21(10-15-32)18-20-6-3-2-4-7-20)30-19-23-8-5-13-29-25(23)31-16-11-22(12-17-31)24(27)33;/h2-8,13,18,22H,9-12,14-17,19H2,1H3,(H2,27,33)(H,28,30);1H. The number of hydrogen-bond donors (Lipinski definition) is 2. The van der Waals surface area contributed by atoms with Crippen LogP contribution in [-0.2, 0) is 11.3 Å². The molecular weight excluding hydrogens is 539 g/mol. The van der Waals surface area contributed by atoms with Crippen LogP contribution in [0.4, 0.5) is 5.82 Å². The molecular formula is C26H35IN6O. The zero-order valence-electron chi connectivity index (χ0n) is 19.8. The van der Waals surface area contributed by atoms with Gasteiger partial charge in [0.25, 0.3) is 0 Å². The highest BCUT2D eigenvalue weighted by molar-refractivity contribution is 14.0. The lowest BCUT2D eigenvalue weighted by molar-refractivity contribution is -0.122. The molecule has 2 aliphatic rings. The summed E-state index contributed by atoms with van der Waals surface area (Å²) in [5.74, 6) is 1.70. The summed E-state index contributed by atoms with van der Waals surface area (Å²) in [5, 5.41) is 3.54. The van der Waals surface area contributed by atoms with Gasteiger partial charge in [-0.25, -0.2) is 4.98 Å². The lowest BCUT2D eigenvalue weighted by Gasteiger charge is -2.33. The van der Waals surface area contributed by atoms with Crippen LogP contribution in [0.2, 0.25) is 0 Å². The van der Waals surface area contributed by atoms with Crippen molar-refractivity contribution in [1.29, 1.82) is 0 Å². The third-order valence-electron chi connectivity index (χ3n) is 6.59. The van der Waals surface area contributed by atoms with E-state index in [1.807, 2.05) is 19.3 Å². The number of anilines is 1. The molecule has 0 spiro atoms. The summed E-state index contributed by atoms with van der Waals surface area (Å²) in [7, 11) is 1.84. The Morgan fingerprint density at radius 1 is 1.12 bits per heavy atom. The number of rotatable bonds is 5. The van der Waals surface area contributed by atoms with E-state index in [2.05, 4.69) is 67.6 Å². The van der Waals surface area contributed by atoms with Gasteiger partial charge < -0.3 is 20.9 Å². The summed E-state index contributed by atoms with van der Waals surface area (Å²) in [6.07, 6.45) is 7.81. The van der Waals surface area contributed by atoms with Gasteiger partial charge in [-0.1, -0.05) is 48.0 Å². The Bertz CT molecular complexity index is 991. The van der Waals surface area contributed by atoms with Crippen molar-refractivity contribution in [1.82, 2.24) is 15.2 Å². The van der Waals surface area contributed by atoms with Crippen LogP contribution in [0.25, 0.3) is 6.08 Å². The maximum absolute atomic E-state index is 11.5. The number of nitrogens with one attached hydrogen (secondary N) is 1. The lowest BCUT2D eigenvalue weighted by Crippen LogP contribution is -2.44. The number of aromatic nitrogens is 1. The predicted molar refractivity (Wildman–Crippen MR) is 149 cm³/mol. The van der Waals surface area contributed by atoms with Gasteiger partial charge in [0.05, 0.1) is 0 Å². The molecule has 2 aliphatic heterocycles. The van der Waals surface area contributed by atoms with E-state index in [1.54, 1.807) is 0 Å². The van der Waals surface area contributed by atoms with Gasteiger partial charge in [-0.2, -0.15) is 0 Å². The summed E-state index contributed by atoms with van der Waals surface area (Å²) in [4.78, 5) is 25.3. The number of hydrogen-bond acceptors (Lipinski definition) is 4. The molecule has 0 atom stereocenters. The number of amides is 1. The molecule has 0 radical (unpaired) electrons. The summed E-state index contributed by atoms with van der Waals surface area (Å²) in [5.41, 5.74) is 9.39. The minimum absolute atomic E-state index is 0. The Balaban J connectivity index is 0.00000324. The molecule has 8 heteroatoms. The fourth-order valence-corrected chi connectivity index (χ4v) is 4.67. The van der Waals surface area contributed by atoms with E-state index in [1.165, 1.54) is 11.1 Å². The molecule has 0 saturated carbocycles. The van der Waals surface area contributed by atoms with Crippen LogP contribution in [0.15, 0.2) is 59.2 Å². The minimum atomic E-state index is -0.190. The highest BCUT2D eigenvalue weighted by Gasteiger charge is 2.25. The molecule has 34 heavy (non-hydrogen) atoms. The van der Waals surface area contributed by atoms with Crippen LogP contribution in [0, 0.1) is 5.92 Å². The van der Waals surface area contributed by atoms with E-state index >= 15 is 0 Å². The van der Waals surface area contributed by atoms with Gasteiger partial charge in [-0.15, -0.1) is 24.0 Å². The van der Waals surface area contributed by atoms with E-state index < -0.39 is 0 Å². The first-order valence-corrected chi connectivity index (χ1v) is 11.8. The normalized spacial score (nSPS) is 17.2. The highest BCUT2D eigenvalue weighted by Crippen LogP contribution is 2.25. The average Bonchev–Trinajstić information content (AvgIpc) is 2.86. The van der Waals surface area contributed by atoms with Gasteiger partial charge in [-0.3, -0.25) is 9.79 Å². The Hall–Kier alpha value is -2.62. The third-order valence-corrected chi connectivity index (χ3v) is 6.59. The molecule has 2 aromatic rings. The number of pyridine rings is 1. The minimum Gasteiger partial charge on any atom is -0.369 e. The first-order valence-electron chi connectivity index (χ1n) is 11.8. The largest absolute Gasteiger partial charge is 0.369 e. The van der Waals surface area contributed by atoms with Crippen LogP contribution in [-0.4, -0.2) is 55.0 Å². The maximum Gasteiger partial charge on any atom is 0.220 e. The van der Waals surface area contributed by atoms with Gasteiger partial charge in [-0.05, 0) is 37.3 Å². The van der Waals surface area contributed by atoms with Crippen molar-refractivity contribution in [3.05, 3.63) is 65.4 Å². The van der Waals surface area contributed by atoms with Crippen molar-refractivity contribution in [3.63, 3.8) is 0 Å². The second kappa shape index (κ2) is 12.7. The van der Waals surface area contributed by atoms with Gasteiger partial charge in [0.1, 0.15) is 5.82 Å². The van der Waals surface area contributed by atoms with Gasteiger partial charge >= 0.3 is 0 Å². The van der Waals surface area contributed by atoms with Crippen molar-refractivity contribution >= 4 is 47.7 Å². The number of benzene rings is 1. The van der Waals surface area contributed by atoms with Crippen LogP contribution >= 0.6 is 24.0 Å². The number of nitrogens with two attached hydrogens (primary N) is 1. The monoisotopic (exact) mass is 574 g/mol. The van der Waals surface area contributed by atoms with Gasteiger partial charge in [0.2, 0.25) is 5.91 Å². The second-order valence-electron chi connectivity index (χ2n) is 8.75. The Labute approximate surface area is 219 Å². The number of aliphatic imine (C=N–C) groups is 1. The Morgan fingerprint density at radius 3 is 2.47 bits per heavy atom. The van der Waals surface area contributed by atoms with Crippen LogP contribution < -0.4 is 16.0 Å². The SMILES string of the molecule is CN=C(NCc1cccnc1N1CCC(C(N)=O)CC1)N1CCC(=Cc2ccccc2)CC1.I. The molecule has 3 N–H and O–H groups in total. The van der Waals surface area contributed by atoms with Crippen molar-refractivity contribution < 1.29 is 4.79 Å². The van der Waals surface area contributed by atoms with Gasteiger partial charge in [0.15, 0.2) is 5.96 Å². The fraction of sp³-hybridized carbons (Fsp3) is 0.423. The number of likely N-dealkylation sites (tertiary alicyclic amines) is 1. The topological polar surface area (TPSA) is 86.9 Å². The lowest BCUT2D eigenvalue weighted by atomic mass is 9.96. The number of halogens is 1. The first kappa shape index (κ1) is 26.0. The smallest absolute Gasteiger partial charge is 0.220 e. The molecule has 2 saturated heterocycles. The number of nitrogens with zero attached hydrogens (tertiary/aromatic N) is 4. The zero-order chi connectivity index (χ0) is 23.0. The highest BCUT2D eigenvalue weighted by atomic mass is 127. The number of carbonyl (C=O) groups excluding carboxylic acids is 1. The van der Waals surface area contributed by atoms with E-state index in [0.29, 0.717) is 6.54 Å². The molecule has 182 valence electrons. The molecule has 1 aromatic heterocycles. The van der Waals surface area contributed by atoms with Crippen molar-refractivity contribution in [3.8, 4) is 0 Å². The second-order valence-corrected chi connectivity index (χ2v) is 8.75. The quantitative estimate of drug-likeness (QED) is 0.324. The van der Waals surface area contributed by atoms with E-state index in [4.69, 9.17) is 5.73 Å². The van der Waals surface area contributed by atoms with Crippen molar-refractivity contribution in [2.45, 2.75) is 32.2 Å². The van der Waals surface area contributed by atoms with E-state index in [-0.39, 0.29) is 35.8 Å². The van der Waals surface area contributed by atoms with Crippen molar-refractivity contribution in [2.24, 2.45) is 16.6 Å². The van der Waals surface area contributed by atoms with Crippen LogP contribution in [0.1, 0.15) is 36.8 Å². The first-order chi connectivity index (χ1) is 16.1. The molecule has 0 bridgehead atoms. The average molecular weight is 575 g/mol. The summed E-state index contributed by atoms with van der Waals surface area (Å²) >= 11 is 0. The number of primary amides is 1. The van der Waals surface area contributed by atoms with Crippen LogP contribution in [0.3, 0.4) is 0 Å². The summed E-state index contributed by atoms with van der Waals surface area (Å²) in [6, 6.07) is 14.6. The molecule has 7 nitrogen and oxygen atoms in total. The van der Waals surface area contributed by atoms with Crippen molar-refractivity contribution in [2.75, 3.05) is 38.1 Å². The Kier molecular flexibility index (Phi) is 9.74. The fourth-order valence-electron chi connectivity index (χ4n) is 4.67. The number of piperidine rings is 2. The molecule has 1 aromatic carbocycles. The van der Waals surface area contributed by atoms with Gasteiger partial charge in [0, 0.05) is 57.4 Å². The molecule has 3 heterocycles. The molecule has 4 rings (SSSR count). The molecule has 1 amide bonds. The zero-order valence-corrected chi connectivity index (χ0v) is 22.2. The molecule has 2 fully saturated rings. The Morgan fingerprint density at radius 2 is 1.82 bits per heavy atom. The summed E-state index contributed by atoms with van der Waals surface area (Å²) < 4.78 is 0. The number of carbonyl (C=O) groups is 1. The third kappa shape index (κ3) is 6.71. The van der Waals surface area contributed by atoms with Crippen LogP contribution in [0.5, 0.6) is 0 Å². The van der Waals surface area contributed by atoms with E-state index in [0.717, 1.165) is 69.2 Å².